The van der Waals surface area contributed by atoms with Gasteiger partial charge in [0.1, 0.15) is 4.32 Å². The zero-order chi connectivity index (χ0) is 15.6. The SMILES string of the molecule is COc1cc(/C=C2/SC(=S)N(CCO)C2=O)cc(Br)c1O. The van der Waals surface area contributed by atoms with Crippen LogP contribution in [0.1, 0.15) is 5.56 Å². The first-order chi connectivity index (χ1) is 9.97. The van der Waals surface area contributed by atoms with Crippen molar-refractivity contribution in [3.63, 3.8) is 0 Å². The molecular weight excluding hydrogens is 378 g/mol. The monoisotopic (exact) mass is 389 g/mol. The van der Waals surface area contributed by atoms with Crippen molar-refractivity contribution in [2.75, 3.05) is 20.3 Å². The molecule has 0 bridgehead atoms. The molecule has 2 rings (SSSR count). The predicted octanol–water partition coefficient (Wildman–Crippen LogP) is 2.36. The zero-order valence-electron chi connectivity index (χ0n) is 11.0. The van der Waals surface area contributed by atoms with Crippen molar-refractivity contribution in [3.05, 3.63) is 27.1 Å². The van der Waals surface area contributed by atoms with Crippen LogP contribution in [0.25, 0.3) is 6.08 Å². The van der Waals surface area contributed by atoms with E-state index < -0.39 is 0 Å². The molecule has 1 saturated heterocycles. The highest BCUT2D eigenvalue weighted by atomic mass is 79.9. The number of aliphatic hydroxyl groups excluding tert-OH is 1. The number of aliphatic hydroxyl groups is 1. The Morgan fingerprint density at radius 3 is 2.86 bits per heavy atom. The van der Waals surface area contributed by atoms with Crippen LogP contribution in [0.2, 0.25) is 0 Å². The third kappa shape index (κ3) is 3.39. The number of β-amino-alcohol motifs (C(OH)–C–C–N with tert-alkyl or cyclic N) is 1. The van der Waals surface area contributed by atoms with Crippen LogP contribution in [0.5, 0.6) is 11.5 Å². The number of hydrogen-bond donors (Lipinski definition) is 2. The third-order valence-corrected chi connectivity index (χ3v) is 4.75. The van der Waals surface area contributed by atoms with E-state index in [4.69, 9.17) is 22.1 Å². The van der Waals surface area contributed by atoms with Crippen LogP contribution in [-0.4, -0.2) is 45.6 Å². The maximum absolute atomic E-state index is 12.2. The molecule has 8 heteroatoms. The molecular formula is C13H12BrNO4S2. The van der Waals surface area contributed by atoms with Crippen LogP contribution >= 0.6 is 39.9 Å². The van der Waals surface area contributed by atoms with E-state index in [9.17, 15) is 9.90 Å². The molecule has 0 saturated carbocycles. The highest BCUT2D eigenvalue weighted by Crippen LogP contribution is 2.38. The first-order valence-corrected chi connectivity index (χ1v) is 7.92. The Kier molecular flexibility index (Phi) is 5.26. The van der Waals surface area contributed by atoms with Gasteiger partial charge in [0, 0.05) is 0 Å². The Hall–Kier alpha value is -1.09. The lowest BCUT2D eigenvalue weighted by atomic mass is 10.2. The second kappa shape index (κ2) is 6.78. The molecule has 0 spiro atoms. The fourth-order valence-electron chi connectivity index (χ4n) is 1.78. The van der Waals surface area contributed by atoms with Gasteiger partial charge in [-0.2, -0.15) is 0 Å². The number of carbonyl (C=O) groups excluding carboxylic acids is 1. The second-order valence-corrected chi connectivity index (χ2v) is 6.64. The van der Waals surface area contributed by atoms with Gasteiger partial charge < -0.3 is 14.9 Å². The molecule has 112 valence electrons. The van der Waals surface area contributed by atoms with Gasteiger partial charge in [-0.25, -0.2) is 0 Å². The van der Waals surface area contributed by atoms with Gasteiger partial charge in [0.15, 0.2) is 11.5 Å². The topological polar surface area (TPSA) is 70.0 Å². The normalized spacial score (nSPS) is 16.9. The Morgan fingerprint density at radius 1 is 1.52 bits per heavy atom. The minimum absolute atomic E-state index is 0.00230. The molecule has 1 amide bonds. The number of amides is 1. The summed E-state index contributed by atoms with van der Waals surface area (Å²) in [6, 6.07) is 3.30. The Balaban J connectivity index is 2.35. The van der Waals surface area contributed by atoms with Crippen LogP contribution in [0, 0.1) is 0 Å². The minimum atomic E-state index is -0.234. The summed E-state index contributed by atoms with van der Waals surface area (Å²) < 4.78 is 5.96. The number of hydrogen-bond acceptors (Lipinski definition) is 6. The molecule has 1 aliphatic rings. The predicted molar refractivity (Wildman–Crippen MR) is 89.3 cm³/mol. The smallest absolute Gasteiger partial charge is 0.266 e. The Bertz CT molecular complexity index is 633. The molecule has 2 N–H and O–H groups in total. The molecule has 0 aliphatic carbocycles. The average Bonchev–Trinajstić information content (AvgIpc) is 2.70. The maximum atomic E-state index is 12.2. The summed E-state index contributed by atoms with van der Waals surface area (Å²) in [4.78, 5) is 14.0. The summed E-state index contributed by atoms with van der Waals surface area (Å²) in [6.07, 6.45) is 1.67. The van der Waals surface area contributed by atoms with Gasteiger partial charge in [-0.3, -0.25) is 9.69 Å². The number of carbonyl (C=O) groups is 1. The molecule has 1 fully saturated rings. The summed E-state index contributed by atoms with van der Waals surface area (Å²) in [5, 5.41) is 18.7. The molecule has 1 heterocycles. The number of aromatic hydroxyl groups is 1. The van der Waals surface area contributed by atoms with E-state index in [-0.39, 0.29) is 24.8 Å². The number of methoxy groups -OCH3 is 1. The number of ether oxygens (including phenoxy) is 1. The van der Waals surface area contributed by atoms with Crippen molar-refractivity contribution in [2.45, 2.75) is 0 Å². The van der Waals surface area contributed by atoms with E-state index in [1.54, 1.807) is 18.2 Å². The maximum Gasteiger partial charge on any atom is 0.266 e. The van der Waals surface area contributed by atoms with Gasteiger partial charge in [0.25, 0.3) is 5.91 Å². The van der Waals surface area contributed by atoms with E-state index in [2.05, 4.69) is 15.9 Å². The van der Waals surface area contributed by atoms with Crippen molar-refractivity contribution in [2.24, 2.45) is 0 Å². The fourth-order valence-corrected chi connectivity index (χ4v) is 3.55. The number of nitrogens with zero attached hydrogens (tertiary/aromatic N) is 1. The van der Waals surface area contributed by atoms with E-state index in [0.717, 1.165) is 0 Å². The zero-order valence-corrected chi connectivity index (χ0v) is 14.2. The molecule has 0 radical (unpaired) electrons. The number of rotatable bonds is 4. The summed E-state index contributed by atoms with van der Waals surface area (Å²) in [5.74, 6) is 0.0751. The average molecular weight is 390 g/mol. The molecule has 1 aromatic carbocycles. The van der Waals surface area contributed by atoms with Gasteiger partial charge in [0.05, 0.1) is 29.6 Å². The molecule has 1 aliphatic heterocycles. The first-order valence-electron chi connectivity index (χ1n) is 5.90. The Labute approximate surface area is 139 Å². The van der Waals surface area contributed by atoms with Gasteiger partial charge in [-0.15, -0.1) is 0 Å². The number of thiocarbonyl (C=S) groups is 1. The number of benzene rings is 1. The highest BCUT2D eigenvalue weighted by Gasteiger charge is 2.31. The molecule has 0 unspecified atom stereocenters. The number of halogens is 1. The van der Waals surface area contributed by atoms with Crippen molar-refractivity contribution >= 4 is 56.2 Å². The van der Waals surface area contributed by atoms with Crippen molar-refractivity contribution in [3.8, 4) is 11.5 Å². The van der Waals surface area contributed by atoms with E-state index in [1.807, 2.05) is 0 Å². The molecule has 5 nitrogen and oxygen atoms in total. The van der Waals surface area contributed by atoms with Gasteiger partial charge in [-0.05, 0) is 39.7 Å². The van der Waals surface area contributed by atoms with Crippen molar-refractivity contribution in [1.29, 1.82) is 0 Å². The standard InChI is InChI=1S/C13H12BrNO4S2/c1-19-9-5-7(4-8(14)11(9)17)6-10-12(18)15(2-3-16)13(20)21-10/h4-6,16-17H,2-3H2,1H3/b10-6+. The number of phenols is 1. The van der Waals surface area contributed by atoms with E-state index >= 15 is 0 Å². The largest absolute Gasteiger partial charge is 0.503 e. The molecule has 0 aromatic heterocycles. The lowest BCUT2D eigenvalue weighted by molar-refractivity contribution is -0.122. The van der Waals surface area contributed by atoms with Crippen LogP contribution in [0.3, 0.4) is 0 Å². The van der Waals surface area contributed by atoms with Crippen LogP contribution in [0.15, 0.2) is 21.5 Å². The van der Waals surface area contributed by atoms with Gasteiger partial charge in [0.2, 0.25) is 0 Å². The minimum Gasteiger partial charge on any atom is -0.503 e. The van der Waals surface area contributed by atoms with Crippen molar-refractivity contribution < 1.29 is 19.7 Å². The fraction of sp³-hybridized carbons (Fsp3) is 0.231. The number of phenolic OH excluding ortho intramolecular Hbond substituents is 1. The van der Waals surface area contributed by atoms with Crippen molar-refractivity contribution in [1.82, 2.24) is 4.90 Å². The number of thioether (sulfide) groups is 1. The molecule has 0 atom stereocenters. The van der Waals surface area contributed by atoms with Crippen LogP contribution in [-0.2, 0) is 4.79 Å². The molecule has 21 heavy (non-hydrogen) atoms. The van der Waals surface area contributed by atoms with Crippen LogP contribution in [0.4, 0.5) is 0 Å². The summed E-state index contributed by atoms with van der Waals surface area (Å²) in [7, 11) is 1.45. The highest BCUT2D eigenvalue weighted by molar-refractivity contribution is 9.10. The first kappa shape index (κ1) is 16.3. The van der Waals surface area contributed by atoms with Gasteiger partial charge in [-0.1, -0.05) is 24.0 Å². The van der Waals surface area contributed by atoms with Gasteiger partial charge >= 0.3 is 0 Å². The quantitative estimate of drug-likeness (QED) is 0.608. The van der Waals surface area contributed by atoms with Crippen LogP contribution < -0.4 is 4.74 Å². The Morgan fingerprint density at radius 2 is 2.24 bits per heavy atom. The summed E-state index contributed by atoms with van der Waals surface area (Å²) in [6.45, 7) is 0.0445. The molecule has 1 aromatic rings. The summed E-state index contributed by atoms with van der Waals surface area (Å²) >= 11 is 9.52. The van der Waals surface area contributed by atoms with E-state index in [1.165, 1.54) is 23.8 Å². The lowest BCUT2D eigenvalue weighted by Crippen LogP contribution is -2.30. The second-order valence-electron chi connectivity index (χ2n) is 4.11. The lowest BCUT2D eigenvalue weighted by Gasteiger charge is -2.11. The third-order valence-electron chi connectivity index (χ3n) is 2.77. The van der Waals surface area contributed by atoms with E-state index in [0.29, 0.717) is 25.0 Å². The summed E-state index contributed by atoms with van der Waals surface area (Å²) in [5.41, 5.74) is 0.695.